The van der Waals surface area contributed by atoms with Crippen molar-refractivity contribution in [2.24, 2.45) is 0 Å². The fourth-order valence-corrected chi connectivity index (χ4v) is 3.13. The average molecular weight is 338 g/mol. The summed E-state index contributed by atoms with van der Waals surface area (Å²) in [6.45, 7) is 6.54. The van der Waals surface area contributed by atoms with Crippen LogP contribution in [0.15, 0.2) is 54.6 Å². The molecule has 1 N–H and O–H groups in total. The second-order valence-electron chi connectivity index (χ2n) is 6.82. The number of likely N-dealkylation sites (tertiary alicyclic amines) is 1. The topological polar surface area (TPSA) is 41.6 Å². The molecule has 0 bridgehead atoms. The Hall–Kier alpha value is -2.33. The molecule has 1 amide bonds. The normalized spacial score (nSPS) is 16.0. The third kappa shape index (κ3) is 4.83. The lowest BCUT2D eigenvalue weighted by Crippen LogP contribution is -2.46. The van der Waals surface area contributed by atoms with Gasteiger partial charge in [0.1, 0.15) is 11.5 Å². The number of carbonyl (C=O) groups excluding carboxylic acids is 1. The Balaban J connectivity index is 1.53. The molecule has 0 aliphatic carbocycles. The highest BCUT2D eigenvalue weighted by molar-refractivity contribution is 5.94. The molecule has 1 heterocycles. The van der Waals surface area contributed by atoms with Crippen LogP contribution in [0.1, 0.15) is 37.0 Å². The highest BCUT2D eigenvalue weighted by Gasteiger charge is 2.22. The average Bonchev–Trinajstić information content (AvgIpc) is 2.63. The molecule has 0 radical (unpaired) electrons. The molecular formula is C21H26N2O2. The van der Waals surface area contributed by atoms with Gasteiger partial charge in [-0.15, -0.1) is 0 Å². The van der Waals surface area contributed by atoms with E-state index in [0.717, 1.165) is 37.4 Å². The van der Waals surface area contributed by atoms with Crippen LogP contribution in [0.3, 0.4) is 0 Å². The summed E-state index contributed by atoms with van der Waals surface area (Å²) in [6, 6.07) is 17.8. The van der Waals surface area contributed by atoms with E-state index < -0.39 is 0 Å². The fourth-order valence-electron chi connectivity index (χ4n) is 3.13. The van der Waals surface area contributed by atoms with Crippen LogP contribution in [0.25, 0.3) is 0 Å². The molecule has 0 atom stereocenters. The van der Waals surface area contributed by atoms with Gasteiger partial charge in [0.25, 0.3) is 5.91 Å². The number of rotatable bonds is 5. The van der Waals surface area contributed by atoms with Gasteiger partial charge in [-0.05, 0) is 63.1 Å². The number of para-hydroxylation sites is 1. The van der Waals surface area contributed by atoms with E-state index in [2.05, 4.69) is 24.1 Å². The fraction of sp³-hybridized carbons (Fsp3) is 0.381. The summed E-state index contributed by atoms with van der Waals surface area (Å²) in [4.78, 5) is 14.9. The summed E-state index contributed by atoms with van der Waals surface area (Å²) in [5.41, 5.74) is 0.673. The van der Waals surface area contributed by atoms with E-state index in [-0.39, 0.29) is 11.9 Å². The van der Waals surface area contributed by atoms with Crippen LogP contribution in [-0.4, -0.2) is 36.0 Å². The second kappa shape index (κ2) is 8.17. The van der Waals surface area contributed by atoms with E-state index in [1.165, 1.54) is 0 Å². The van der Waals surface area contributed by atoms with Crippen LogP contribution in [0.4, 0.5) is 0 Å². The van der Waals surface area contributed by atoms with E-state index in [0.29, 0.717) is 11.6 Å². The Bertz CT molecular complexity index is 675. The largest absolute Gasteiger partial charge is 0.457 e. The van der Waals surface area contributed by atoms with Gasteiger partial charge in [0.15, 0.2) is 0 Å². The van der Waals surface area contributed by atoms with Crippen molar-refractivity contribution in [1.29, 1.82) is 0 Å². The third-order valence-electron chi connectivity index (χ3n) is 4.69. The van der Waals surface area contributed by atoms with Gasteiger partial charge in [-0.3, -0.25) is 4.79 Å². The molecule has 132 valence electrons. The number of nitrogens with zero attached hydrogens (tertiary/aromatic N) is 1. The third-order valence-corrected chi connectivity index (χ3v) is 4.69. The zero-order valence-electron chi connectivity index (χ0n) is 14.9. The van der Waals surface area contributed by atoms with Crippen LogP contribution in [0, 0.1) is 0 Å². The van der Waals surface area contributed by atoms with Gasteiger partial charge >= 0.3 is 0 Å². The maximum Gasteiger partial charge on any atom is 0.251 e. The zero-order valence-corrected chi connectivity index (χ0v) is 14.9. The van der Waals surface area contributed by atoms with Crippen molar-refractivity contribution in [3.8, 4) is 11.5 Å². The summed E-state index contributed by atoms with van der Waals surface area (Å²) in [5, 5.41) is 3.16. The van der Waals surface area contributed by atoms with Crippen molar-refractivity contribution in [3.63, 3.8) is 0 Å². The Kier molecular flexibility index (Phi) is 5.71. The summed E-state index contributed by atoms with van der Waals surface area (Å²) in [6.07, 6.45) is 2.03. The van der Waals surface area contributed by atoms with Crippen molar-refractivity contribution >= 4 is 5.91 Å². The maximum atomic E-state index is 12.4. The van der Waals surface area contributed by atoms with Gasteiger partial charge in [0.2, 0.25) is 0 Å². The minimum Gasteiger partial charge on any atom is -0.457 e. The number of benzene rings is 2. The molecule has 1 aliphatic heterocycles. The second-order valence-corrected chi connectivity index (χ2v) is 6.82. The van der Waals surface area contributed by atoms with Crippen molar-refractivity contribution < 1.29 is 9.53 Å². The summed E-state index contributed by atoms with van der Waals surface area (Å²) in [7, 11) is 0. The Morgan fingerprint density at radius 2 is 1.60 bits per heavy atom. The molecule has 25 heavy (non-hydrogen) atoms. The minimum absolute atomic E-state index is 0.00532. The molecule has 0 spiro atoms. The van der Waals surface area contributed by atoms with E-state index in [1.807, 2.05) is 54.6 Å². The van der Waals surface area contributed by atoms with Gasteiger partial charge in [-0.25, -0.2) is 0 Å². The van der Waals surface area contributed by atoms with Crippen LogP contribution >= 0.6 is 0 Å². The number of carbonyl (C=O) groups is 1. The van der Waals surface area contributed by atoms with E-state index in [9.17, 15) is 4.79 Å². The van der Waals surface area contributed by atoms with E-state index in [4.69, 9.17) is 4.74 Å². The first-order valence-corrected chi connectivity index (χ1v) is 8.99. The highest BCUT2D eigenvalue weighted by atomic mass is 16.5. The molecule has 4 nitrogen and oxygen atoms in total. The van der Waals surface area contributed by atoms with Crippen LogP contribution in [0.2, 0.25) is 0 Å². The molecule has 2 aromatic rings. The summed E-state index contributed by atoms with van der Waals surface area (Å²) < 4.78 is 5.76. The SMILES string of the molecule is CC(C)N1CCC(NC(=O)c2ccc(Oc3ccccc3)cc2)CC1. The lowest BCUT2D eigenvalue weighted by molar-refractivity contribution is 0.0900. The van der Waals surface area contributed by atoms with Crippen LogP contribution < -0.4 is 10.1 Å². The molecule has 0 unspecified atom stereocenters. The molecule has 1 fully saturated rings. The lowest BCUT2D eigenvalue weighted by atomic mass is 10.0. The molecule has 0 aromatic heterocycles. The van der Waals surface area contributed by atoms with Crippen molar-refractivity contribution in [1.82, 2.24) is 10.2 Å². The first-order chi connectivity index (χ1) is 12.1. The summed E-state index contributed by atoms with van der Waals surface area (Å²) in [5.74, 6) is 1.51. The smallest absolute Gasteiger partial charge is 0.251 e. The monoisotopic (exact) mass is 338 g/mol. The van der Waals surface area contributed by atoms with Gasteiger partial charge in [0.05, 0.1) is 0 Å². The first-order valence-electron chi connectivity index (χ1n) is 8.99. The van der Waals surface area contributed by atoms with Crippen LogP contribution in [0.5, 0.6) is 11.5 Å². The number of ether oxygens (including phenoxy) is 1. The van der Waals surface area contributed by atoms with E-state index in [1.54, 1.807) is 0 Å². The molecule has 1 saturated heterocycles. The Labute approximate surface area is 149 Å². The molecular weight excluding hydrogens is 312 g/mol. The highest BCUT2D eigenvalue weighted by Crippen LogP contribution is 2.21. The van der Waals surface area contributed by atoms with Crippen molar-refractivity contribution in [2.45, 2.75) is 38.8 Å². The van der Waals surface area contributed by atoms with Crippen molar-refractivity contribution in [3.05, 3.63) is 60.2 Å². The van der Waals surface area contributed by atoms with Crippen LogP contribution in [-0.2, 0) is 0 Å². The van der Waals surface area contributed by atoms with E-state index >= 15 is 0 Å². The van der Waals surface area contributed by atoms with Gasteiger partial charge in [0, 0.05) is 30.7 Å². The Morgan fingerprint density at radius 3 is 2.20 bits per heavy atom. The van der Waals surface area contributed by atoms with Crippen molar-refractivity contribution in [2.75, 3.05) is 13.1 Å². The van der Waals surface area contributed by atoms with Gasteiger partial charge in [-0.2, -0.15) is 0 Å². The molecule has 3 rings (SSSR count). The first kappa shape index (κ1) is 17.5. The zero-order chi connectivity index (χ0) is 17.6. The lowest BCUT2D eigenvalue weighted by Gasteiger charge is -2.34. The van der Waals surface area contributed by atoms with Gasteiger partial charge < -0.3 is 15.0 Å². The Morgan fingerprint density at radius 1 is 1.00 bits per heavy atom. The predicted octanol–water partition coefficient (Wildman–Crippen LogP) is 4.08. The summed E-state index contributed by atoms with van der Waals surface area (Å²) >= 11 is 0. The molecule has 2 aromatic carbocycles. The number of amides is 1. The number of piperidine rings is 1. The standard InChI is InChI=1S/C21H26N2O2/c1-16(2)23-14-12-18(13-15-23)22-21(24)17-8-10-20(11-9-17)25-19-6-4-3-5-7-19/h3-11,16,18H,12-15H2,1-2H3,(H,22,24). The number of nitrogens with one attached hydrogen (secondary N) is 1. The number of hydrogen-bond donors (Lipinski definition) is 1. The quantitative estimate of drug-likeness (QED) is 0.893. The maximum absolute atomic E-state index is 12.4. The predicted molar refractivity (Wildman–Crippen MR) is 100 cm³/mol. The minimum atomic E-state index is -0.00532. The molecule has 4 heteroatoms. The number of hydrogen-bond acceptors (Lipinski definition) is 3. The molecule has 0 saturated carbocycles. The molecule has 1 aliphatic rings. The van der Waals surface area contributed by atoms with Gasteiger partial charge in [-0.1, -0.05) is 18.2 Å².